The van der Waals surface area contributed by atoms with Crippen molar-refractivity contribution in [3.8, 4) is 0 Å². The number of amides is 2. The number of sulfonamides is 1. The van der Waals surface area contributed by atoms with Gasteiger partial charge < -0.3 is 10.2 Å². The molecule has 7 nitrogen and oxygen atoms in total. The number of nitrogens with zero attached hydrogens (tertiary/aromatic N) is 2. The van der Waals surface area contributed by atoms with Gasteiger partial charge in [-0.15, -0.1) is 0 Å². The van der Waals surface area contributed by atoms with Gasteiger partial charge in [0.2, 0.25) is 11.8 Å². The van der Waals surface area contributed by atoms with Crippen LogP contribution in [0, 0.1) is 13.8 Å². The number of nitrogens with one attached hydrogen (secondary N) is 1. The van der Waals surface area contributed by atoms with E-state index in [9.17, 15) is 18.0 Å². The lowest BCUT2D eigenvalue weighted by molar-refractivity contribution is -0.140. The van der Waals surface area contributed by atoms with Gasteiger partial charge in [-0.05, 0) is 74.7 Å². The Kier molecular flexibility index (Phi) is 12.4. The molecule has 4 aromatic rings. The van der Waals surface area contributed by atoms with Gasteiger partial charge in [-0.25, -0.2) is 8.42 Å². The molecule has 248 valence electrons. The van der Waals surface area contributed by atoms with Gasteiger partial charge in [0.05, 0.1) is 10.6 Å². The highest BCUT2D eigenvalue weighted by Gasteiger charge is 2.36. The molecule has 0 radical (unpaired) electrons. The zero-order chi connectivity index (χ0) is 34.3. The van der Waals surface area contributed by atoms with E-state index >= 15 is 0 Å². The molecule has 0 saturated heterocycles. The number of halogens is 3. The molecule has 4 aromatic carbocycles. The predicted octanol–water partition coefficient (Wildman–Crippen LogP) is 8.01. The van der Waals surface area contributed by atoms with Gasteiger partial charge in [-0.1, -0.05) is 102 Å². The highest BCUT2D eigenvalue weighted by atomic mass is 35.5. The Balaban J connectivity index is 1.87. The number of hydrogen-bond donors (Lipinski definition) is 1. The fourth-order valence-corrected chi connectivity index (χ4v) is 7.20. The molecule has 47 heavy (non-hydrogen) atoms. The molecule has 0 aliphatic rings. The summed E-state index contributed by atoms with van der Waals surface area (Å²) in [6, 6.07) is 24.4. The van der Waals surface area contributed by atoms with Crippen LogP contribution in [-0.4, -0.2) is 43.8 Å². The first-order valence-electron chi connectivity index (χ1n) is 15.2. The Hall–Kier alpha value is -3.56. The molecule has 2 unspecified atom stereocenters. The van der Waals surface area contributed by atoms with Crippen LogP contribution in [0.25, 0.3) is 0 Å². The summed E-state index contributed by atoms with van der Waals surface area (Å²) in [4.78, 5) is 30.1. The number of carbonyl (C=O) groups excluding carboxylic acids is 2. The maximum absolute atomic E-state index is 14.7. The predicted molar refractivity (Wildman–Crippen MR) is 191 cm³/mol. The van der Waals surface area contributed by atoms with Crippen molar-refractivity contribution in [3.05, 3.63) is 128 Å². The average molecular weight is 715 g/mol. The van der Waals surface area contributed by atoms with Crippen molar-refractivity contribution < 1.29 is 18.0 Å². The highest BCUT2D eigenvalue weighted by Crippen LogP contribution is 2.31. The Morgan fingerprint density at radius 1 is 0.851 bits per heavy atom. The van der Waals surface area contributed by atoms with Gasteiger partial charge in [0, 0.05) is 39.6 Å². The van der Waals surface area contributed by atoms with E-state index in [4.69, 9.17) is 34.8 Å². The second-order valence-corrected chi connectivity index (χ2v) is 14.6. The molecule has 2 amide bonds. The molecule has 0 aliphatic carbocycles. The number of rotatable bonds is 13. The third-order valence-corrected chi connectivity index (χ3v) is 10.7. The van der Waals surface area contributed by atoms with Crippen LogP contribution in [0.1, 0.15) is 42.5 Å². The van der Waals surface area contributed by atoms with Gasteiger partial charge in [-0.2, -0.15) is 0 Å². The summed E-state index contributed by atoms with van der Waals surface area (Å²) in [6.07, 6.45) is 0.836. The van der Waals surface area contributed by atoms with E-state index in [1.54, 1.807) is 49.4 Å². The Morgan fingerprint density at radius 2 is 1.49 bits per heavy atom. The van der Waals surface area contributed by atoms with Crippen LogP contribution in [0.4, 0.5) is 5.69 Å². The van der Waals surface area contributed by atoms with Gasteiger partial charge in [0.15, 0.2) is 0 Å². The maximum Gasteiger partial charge on any atom is 0.264 e. The largest absolute Gasteiger partial charge is 0.352 e. The lowest BCUT2D eigenvalue weighted by Crippen LogP contribution is -2.54. The minimum atomic E-state index is -4.28. The molecule has 1 N–H and O–H groups in total. The second-order valence-electron chi connectivity index (χ2n) is 11.5. The lowest BCUT2D eigenvalue weighted by atomic mass is 10.0. The number of hydrogen-bond acceptors (Lipinski definition) is 4. The zero-order valence-electron chi connectivity index (χ0n) is 26.7. The number of aryl methyl sites for hydroxylation is 2. The number of benzene rings is 4. The van der Waals surface area contributed by atoms with Crippen molar-refractivity contribution in [1.29, 1.82) is 0 Å². The summed E-state index contributed by atoms with van der Waals surface area (Å²) in [6.45, 7) is 6.66. The molecule has 11 heteroatoms. The molecule has 0 aromatic heterocycles. The molecular weight excluding hydrogens is 677 g/mol. The Labute approximate surface area is 292 Å². The molecule has 4 rings (SSSR count). The summed E-state index contributed by atoms with van der Waals surface area (Å²) in [5.74, 6) is -1.01. The summed E-state index contributed by atoms with van der Waals surface area (Å²) in [7, 11) is -4.28. The quantitative estimate of drug-likeness (QED) is 0.152. The van der Waals surface area contributed by atoms with Gasteiger partial charge >= 0.3 is 0 Å². The molecule has 0 bridgehead atoms. The van der Waals surface area contributed by atoms with Crippen molar-refractivity contribution in [1.82, 2.24) is 10.2 Å². The van der Waals surface area contributed by atoms with Crippen LogP contribution in [0.5, 0.6) is 0 Å². The molecule has 0 saturated carbocycles. The first kappa shape index (κ1) is 36.3. The molecule has 2 atom stereocenters. The van der Waals surface area contributed by atoms with E-state index in [0.29, 0.717) is 32.6 Å². The molecule has 0 fully saturated rings. The average Bonchev–Trinajstić information content (AvgIpc) is 3.04. The topological polar surface area (TPSA) is 86.8 Å². The third-order valence-electron chi connectivity index (χ3n) is 7.99. The number of carbonyl (C=O) groups is 2. The maximum atomic E-state index is 14.7. The van der Waals surface area contributed by atoms with E-state index in [1.165, 1.54) is 23.1 Å². The first-order chi connectivity index (χ1) is 22.3. The normalized spacial score (nSPS) is 12.7. The molecule has 0 aliphatic heterocycles. The van der Waals surface area contributed by atoms with Crippen LogP contribution in [-0.2, 0) is 32.6 Å². The fraction of sp³-hybridized carbons (Fsp3) is 0.278. The third kappa shape index (κ3) is 9.08. The van der Waals surface area contributed by atoms with Crippen molar-refractivity contribution in [2.75, 3.05) is 10.8 Å². The monoisotopic (exact) mass is 713 g/mol. The van der Waals surface area contributed by atoms with Crippen LogP contribution in [0.15, 0.2) is 95.9 Å². The van der Waals surface area contributed by atoms with Gasteiger partial charge in [0.1, 0.15) is 12.6 Å². The molecular formula is C36H38Cl3N3O4S. The molecule has 0 spiro atoms. The summed E-state index contributed by atoms with van der Waals surface area (Å²) < 4.78 is 29.7. The van der Waals surface area contributed by atoms with Crippen molar-refractivity contribution >= 4 is 62.3 Å². The van der Waals surface area contributed by atoms with E-state index in [1.807, 2.05) is 51.1 Å². The summed E-state index contributed by atoms with van der Waals surface area (Å²) in [5.41, 5.74) is 2.96. The highest BCUT2D eigenvalue weighted by molar-refractivity contribution is 7.92. The van der Waals surface area contributed by atoms with E-state index in [-0.39, 0.29) is 35.5 Å². The molecule has 0 heterocycles. The first-order valence-corrected chi connectivity index (χ1v) is 17.8. The van der Waals surface area contributed by atoms with Crippen LogP contribution < -0.4 is 9.62 Å². The minimum Gasteiger partial charge on any atom is -0.352 e. The standard InChI is InChI=1S/C36H38Cl3N3O4S/c1-5-26(4)40-36(44)34(20-27-10-7-6-8-11-27)41(22-30-31(38)12-9-13-32(30)39)35(43)23-42(33-21-28(37)17-16-25(33)3)47(45,46)29-18-14-24(2)15-19-29/h6-19,21,26,34H,5,20,22-23H2,1-4H3,(H,40,44). The second kappa shape index (κ2) is 16.0. The van der Waals surface area contributed by atoms with Crippen LogP contribution in [0.3, 0.4) is 0 Å². The Morgan fingerprint density at radius 3 is 2.11 bits per heavy atom. The summed E-state index contributed by atoms with van der Waals surface area (Å²) in [5, 5.41) is 3.94. The van der Waals surface area contributed by atoms with Crippen LogP contribution in [0.2, 0.25) is 15.1 Å². The Bertz CT molecular complexity index is 1800. The lowest BCUT2D eigenvalue weighted by Gasteiger charge is -2.35. The van der Waals surface area contributed by atoms with Crippen LogP contribution >= 0.6 is 34.8 Å². The summed E-state index contributed by atoms with van der Waals surface area (Å²) >= 11 is 19.5. The number of anilines is 1. The van der Waals surface area contributed by atoms with E-state index in [0.717, 1.165) is 15.4 Å². The van der Waals surface area contributed by atoms with Crippen molar-refractivity contribution in [2.45, 2.75) is 64.1 Å². The van der Waals surface area contributed by atoms with Crippen molar-refractivity contribution in [2.24, 2.45) is 0 Å². The van der Waals surface area contributed by atoms with Crippen molar-refractivity contribution in [3.63, 3.8) is 0 Å². The fourth-order valence-electron chi connectivity index (χ4n) is 5.05. The van der Waals surface area contributed by atoms with Gasteiger partial charge in [0.25, 0.3) is 10.0 Å². The van der Waals surface area contributed by atoms with E-state index in [2.05, 4.69) is 5.32 Å². The zero-order valence-corrected chi connectivity index (χ0v) is 29.8. The van der Waals surface area contributed by atoms with Gasteiger partial charge in [-0.3, -0.25) is 13.9 Å². The minimum absolute atomic E-state index is 0.00585. The van der Waals surface area contributed by atoms with E-state index < -0.39 is 28.5 Å². The smallest absolute Gasteiger partial charge is 0.264 e. The SMILES string of the molecule is CCC(C)NC(=O)C(Cc1ccccc1)N(Cc1c(Cl)cccc1Cl)C(=O)CN(c1cc(Cl)ccc1C)S(=O)(=O)c1ccc(C)cc1.